The van der Waals surface area contributed by atoms with Crippen molar-refractivity contribution in [1.29, 1.82) is 0 Å². The zero-order valence-corrected chi connectivity index (χ0v) is 14.5. The fourth-order valence-corrected chi connectivity index (χ4v) is 2.53. The molecule has 0 atom stereocenters. The number of carbonyl (C=O) groups is 2. The second-order valence-corrected chi connectivity index (χ2v) is 6.11. The van der Waals surface area contributed by atoms with Gasteiger partial charge in [0.2, 0.25) is 5.91 Å². The molecule has 3 rings (SSSR count). The summed E-state index contributed by atoms with van der Waals surface area (Å²) in [6.45, 7) is 2.00. The van der Waals surface area contributed by atoms with E-state index in [9.17, 15) is 9.59 Å². The van der Waals surface area contributed by atoms with E-state index in [1.165, 1.54) is 0 Å². The van der Waals surface area contributed by atoms with Gasteiger partial charge in [0.25, 0.3) is 5.91 Å². The number of rotatable bonds is 5. The average Bonchev–Trinajstić information content (AvgIpc) is 2.65. The Hall–Kier alpha value is -3.40. The van der Waals surface area contributed by atoms with Gasteiger partial charge in [0.05, 0.1) is 6.42 Å². The van der Waals surface area contributed by atoms with Crippen LogP contribution in [-0.4, -0.2) is 11.8 Å². The van der Waals surface area contributed by atoms with E-state index in [1.54, 1.807) is 24.3 Å². The number of benzene rings is 3. The van der Waals surface area contributed by atoms with Gasteiger partial charge in [0, 0.05) is 16.9 Å². The van der Waals surface area contributed by atoms with Crippen LogP contribution in [0.4, 0.5) is 11.4 Å². The van der Waals surface area contributed by atoms with E-state index < -0.39 is 0 Å². The van der Waals surface area contributed by atoms with Crippen LogP contribution < -0.4 is 10.6 Å². The molecule has 0 aliphatic carbocycles. The Bertz CT molecular complexity index is 886. The van der Waals surface area contributed by atoms with Gasteiger partial charge in [-0.2, -0.15) is 0 Å². The van der Waals surface area contributed by atoms with Crippen LogP contribution in [-0.2, 0) is 11.2 Å². The molecule has 0 spiro atoms. The second-order valence-electron chi connectivity index (χ2n) is 6.11. The van der Waals surface area contributed by atoms with Crippen LogP contribution in [0.3, 0.4) is 0 Å². The summed E-state index contributed by atoms with van der Waals surface area (Å²) < 4.78 is 0. The highest BCUT2D eigenvalue weighted by atomic mass is 16.2. The van der Waals surface area contributed by atoms with Crippen LogP contribution in [0.15, 0.2) is 78.9 Å². The van der Waals surface area contributed by atoms with Gasteiger partial charge in [-0.25, -0.2) is 0 Å². The molecule has 0 fully saturated rings. The van der Waals surface area contributed by atoms with E-state index in [0.717, 1.165) is 16.8 Å². The van der Waals surface area contributed by atoms with Crippen LogP contribution in [0.25, 0.3) is 0 Å². The molecule has 0 unspecified atom stereocenters. The molecule has 0 bridgehead atoms. The summed E-state index contributed by atoms with van der Waals surface area (Å²) in [6.07, 6.45) is 0.316. The summed E-state index contributed by atoms with van der Waals surface area (Å²) in [5.74, 6) is -0.274. The quantitative estimate of drug-likeness (QED) is 0.719. The molecule has 4 nitrogen and oxygen atoms in total. The van der Waals surface area contributed by atoms with Crippen molar-refractivity contribution in [2.24, 2.45) is 0 Å². The number of aryl methyl sites for hydroxylation is 1. The molecular weight excluding hydrogens is 324 g/mol. The summed E-state index contributed by atoms with van der Waals surface area (Å²) >= 11 is 0. The normalized spacial score (nSPS) is 10.2. The average molecular weight is 344 g/mol. The first kappa shape index (κ1) is 17.4. The molecule has 130 valence electrons. The molecule has 0 saturated heterocycles. The van der Waals surface area contributed by atoms with Gasteiger partial charge in [-0.1, -0.05) is 48.0 Å². The molecule has 3 aromatic carbocycles. The van der Waals surface area contributed by atoms with Gasteiger partial charge in [-0.3, -0.25) is 9.59 Å². The smallest absolute Gasteiger partial charge is 0.255 e. The number of carbonyl (C=O) groups excluding carboxylic acids is 2. The number of amides is 2. The Kier molecular flexibility index (Phi) is 5.44. The SMILES string of the molecule is Cc1ccc(NC(=O)c2ccc(NC(=O)Cc3ccccc3)cc2)cc1. The van der Waals surface area contributed by atoms with Gasteiger partial charge in [-0.05, 0) is 48.9 Å². The largest absolute Gasteiger partial charge is 0.326 e. The minimum atomic E-state index is -0.184. The maximum atomic E-state index is 12.3. The third-order valence-corrected chi connectivity index (χ3v) is 3.95. The van der Waals surface area contributed by atoms with E-state index >= 15 is 0 Å². The third kappa shape index (κ3) is 4.80. The Morgan fingerprint density at radius 2 is 1.31 bits per heavy atom. The van der Waals surface area contributed by atoms with Crippen LogP contribution in [0.1, 0.15) is 21.5 Å². The number of hydrogen-bond donors (Lipinski definition) is 2. The topological polar surface area (TPSA) is 58.2 Å². The van der Waals surface area contributed by atoms with Gasteiger partial charge in [-0.15, -0.1) is 0 Å². The van der Waals surface area contributed by atoms with Crippen molar-refractivity contribution in [3.8, 4) is 0 Å². The van der Waals surface area contributed by atoms with E-state index in [4.69, 9.17) is 0 Å². The number of hydrogen-bond acceptors (Lipinski definition) is 2. The lowest BCUT2D eigenvalue weighted by atomic mass is 10.1. The summed E-state index contributed by atoms with van der Waals surface area (Å²) in [6, 6.07) is 24.0. The number of anilines is 2. The Labute approximate surface area is 152 Å². The van der Waals surface area contributed by atoms with Crippen LogP contribution in [0.2, 0.25) is 0 Å². The van der Waals surface area contributed by atoms with Crippen LogP contribution >= 0.6 is 0 Å². The second kappa shape index (κ2) is 8.12. The zero-order chi connectivity index (χ0) is 18.4. The number of nitrogens with one attached hydrogen (secondary N) is 2. The molecule has 0 aliphatic rings. The van der Waals surface area contributed by atoms with Crippen molar-refractivity contribution in [2.45, 2.75) is 13.3 Å². The molecule has 0 aromatic heterocycles. The highest BCUT2D eigenvalue weighted by Gasteiger charge is 2.08. The summed E-state index contributed by atoms with van der Waals surface area (Å²) in [4.78, 5) is 24.4. The van der Waals surface area contributed by atoms with E-state index in [2.05, 4.69) is 10.6 Å². The summed E-state index contributed by atoms with van der Waals surface area (Å²) in [5.41, 5.74) is 4.04. The molecule has 0 radical (unpaired) electrons. The Morgan fingerprint density at radius 1 is 0.731 bits per heavy atom. The zero-order valence-electron chi connectivity index (χ0n) is 14.5. The molecule has 26 heavy (non-hydrogen) atoms. The maximum absolute atomic E-state index is 12.3. The molecule has 3 aromatic rings. The lowest BCUT2D eigenvalue weighted by Gasteiger charge is -2.08. The van der Waals surface area contributed by atoms with Gasteiger partial charge in [0.15, 0.2) is 0 Å². The van der Waals surface area contributed by atoms with E-state index in [0.29, 0.717) is 17.7 Å². The minimum Gasteiger partial charge on any atom is -0.326 e. The van der Waals surface area contributed by atoms with E-state index in [1.807, 2.05) is 61.5 Å². The highest BCUT2D eigenvalue weighted by molar-refractivity contribution is 6.04. The Morgan fingerprint density at radius 3 is 1.96 bits per heavy atom. The first-order valence-corrected chi connectivity index (χ1v) is 8.42. The van der Waals surface area contributed by atoms with Gasteiger partial charge >= 0.3 is 0 Å². The van der Waals surface area contributed by atoms with Crippen LogP contribution in [0.5, 0.6) is 0 Å². The molecule has 0 heterocycles. The molecule has 2 amide bonds. The van der Waals surface area contributed by atoms with Crippen LogP contribution in [0, 0.1) is 6.92 Å². The van der Waals surface area contributed by atoms with Crippen molar-refractivity contribution in [3.05, 3.63) is 95.6 Å². The summed E-state index contributed by atoms with van der Waals surface area (Å²) in [5, 5.41) is 5.69. The Balaban J connectivity index is 1.58. The minimum absolute atomic E-state index is 0.0898. The lowest BCUT2D eigenvalue weighted by molar-refractivity contribution is -0.115. The van der Waals surface area contributed by atoms with E-state index in [-0.39, 0.29) is 11.8 Å². The first-order valence-electron chi connectivity index (χ1n) is 8.42. The van der Waals surface area contributed by atoms with Crippen molar-refractivity contribution >= 4 is 23.2 Å². The molecule has 4 heteroatoms. The molecular formula is C22H20N2O2. The van der Waals surface area contributed by atoms with Crippen molar-refractivity contribution < 1.29 is 9.59 Å². The monoisotopic (exact) mass is 344 g/mol. The fraction of sp³-hybridized carbons (Fsp3) is 0.0909. The predicted octanol–water partition coefficient (Wildman–Crippen LogP) is 4.43. The third-order valence-electron chi connectivity index (χ3n) is 3.95. The summed E-state index contributed by atoms with van der Waals surface area (Å²) in [7, 11) is 0. The fourth-order valence-electron chi connectivity index (χ4n) is 2.53. The van der Waals surface area contributed by atoms with Gasteiger partial charge in [0.1, 0.15) is 0 Å². The van der Waals surface area contributed by atoms with Crippen molar-refractivity contribution in [3.63, 3.8) is 0 Å². The standard InChI is InChI=1S/C22H20N2O2/c1-16-7-11-20(12-8-16)24-22(26)18-9-13-19(14-10-18)23-21(25)15-17-5-3-2-4-6-17/h2-14H,15H2,1H3,(H,23,25)(H,24,26). The van der Waals surface area contributed by atoms with Gasteiger partial charge < -0.3 is 10.6 Å². The highest BCUT2D eigenvalue weighted by Crippen LogP contribution is 2.14. The molecule has 2 N–H and O–H groups in total. The maximum Gasteiger partial charge on any atom is 0.255 e. The predicted molar refractivity (Wildman–Crippen MR) is 104 cm³/mol. The van der Waals surface area contributed by atoms with Crippen molar-refractivity contribution in [2.75, 3.05) is 10.6 Å². The lowest BCUT2D eigenvalue weighted by Crippen LogP contribution is -2.15. The van der Waals surface area contributed by atoms with Crippen molar-refractivity contribution in [1.82, 2.24) is 0 Å². The molecule has 0 aliphatic heterocycles. The first-order chi connectivity index (χ1) is 12.6. The molecule has 0 saturated carbocycles.